The normalized spacial score (nSPS) is 31.1. The summed E-state index contributed by atoms with van der Waals surface area (Å²) in [5.74, 6) is 1.31. The minimum absolute atomic E-state index is 0.0282. The molecule has 3 unspecified atom stereocenters. The molecule has 0 bridgehead atoms. The molecule has 0 saturated carbocycles. The summed E-state index contributed by atoms with van der Waals surface area (Å²) in [6, 6.07) is 16.2. The fraction of sp³-hybridized carbons (Fsp3) is 0.700. The van der Waals surface area contributed by atoms with Crippen molar-refractivity contribution in [2.75, 3.05) is 75.8 Å². The number of azide groups is 2. The monoisotopic (exact) mass is 1880 g/mol. The molecular formula is C80H130N26O19P4. The minimum atomic E-state index is -3.86. The summed E-state index contributed by atoms with van der Waals surface area (Å²) in [5.41, 5.74) is 55.0. The van der Waals surface area contributed by atoms with Crippen LogP contribution in [0, 0.1) is 21.7 Å². The fourth-order valence-electron chi connectivity index (χ4n) is 15.9. The smallest absolute Gasteiger partial charge is 0.394 e. The molecule has 7 aliphatic heterocycles. The van der Waals surface area contributed by atoms with E-state index in [2.05, 4.69) is 146 Å². The molecule has 49 heteroatoms. The molecule has 15 rings (SSSR count). The number of ether oxygens (including phenoxy) is 4. The Bertz CT molecular complexity index is 5280. The van der Waals surface area contributed by atoms with E-state index >= 15 is 0 Å². The Morgan fingerprint density at radius 1 is 0.473 bits per heavy atom. The number of nitrogens with zero attached hydrogens (tertiary/aromatic N) is 20. The van der Waals surface area contributed by atoms with Crippen LogP contribution < -0.4 is 34.4 Å². The van der Waals surface area contributed by atoms with Gasteiger partial charge in [0.15, 0.2) is 31.7 Å². The quantitative estimate of drug-likeness (QED) is 0.0143. The van der Waals surface area contributed by atoms with Crippen molar-refractivity contribution < 1.29 is 88.1 Å². The van der Waals surface area contributed by atoms with Gasteiger partial charge in [-0.2, -0.15) is 20.4 Å². The largest absolute Gasteiger partial charge is 0.475 e. The van der Waals surface area contributed by atoms with Gasteiger partial charge >= 0.3 is 23.5 Å². The Morgan fingerprint density at radius 2 is 0.752 bits per heavy atom. The molecule has 45 nitrogen and oxygen atoms in total. The number of aliphatic hydroxyl groups is 2. The zero-order valence-electron chi connectivity index (χ0n) is 77.9. The average molecular weight is 1880 g/mol. The van der Waals surface area contributed by atoms with Crippen molar-refractivity contribution in [1.82, 2.24) is 67.7 Å². The number of hydrogen-bond donors (Lipinski definition) is 8. The summed E-state index contributed by atoms with van der Waals surface area (Å²) >= 11 is 0. The van der Waals surface area contributed by atoms with E-state index in [0.29, 0.717) is 92.3 Å². The lowest BCUT2D eigenvalue weighted by Crippen LogP contribution is -2.53. The summed E-state index contributed by atoms with van der Waals surface area (Å²) in [5, 5.41) is 44.2. The van der Waals surface area contributed by atoms with Crippen LogP contribution in [-0.2, 0) is 77.9 Å². The van der Waals surface area contributed by atoms with E-state index in [1.807, 2.05) is 74.4 Å². The van der Waals surface area contributed by atoms with E-state index in [-0.39, 0.29) is 61.3 Å². The first kappa shape index (κ1) is 102. The number of phosphoric ester groups is 3. The third kappa shape index (κ3) is 22.5. The van der Waals surface area contributed by atoms with Crippen molar-refractivity contribution in [1.29, 1.82) is 0 Å². The molecule has 714 valence electrons. The Balaban J connectivity index is 0.000000157. The van der Waals surface area contributed by atoms with Crippen LogP contribution in [-0.4, -0.2) is 226 Å². The van der Waals surface area contributed by atoms with Gasteiger partial charge in [0.1, 0.15) is 126 Å². The van der Waals surface area contributed by atoms with Crippen LogP contribution in [0.2, 0.25) is 0 Å². The van der Waals surface area contributed by atoms with Gasteiger partial charge < -0.3 is 68.1 Å². The van der Waals surface area contributed by atoms with Crippen LogP contribution in [0.1, 0.15) is 213 Å². The van der Waals surface area contributed by atoms with Crippen LogP contribution in [0.4, 0.5) is 23.3 Å². The second-order valence-electron chi connectivity index (χ2n) is 39.7. The second-order valence-corrected chi connectivity index (χ2v) is 46.3. The van der Waals surface area contributed by atoms with Crippen LogP contribution in [0.3, 0.4) is 0 Å². The van der Waals surface area contributed by atoms with E-state index in [1.165, 1.54) is 29.8 Å². The lowest BCUT2D eigenvalue weighted by atomic mass is 9.88. The number of phosphoric acid groups is 3. The van der Waals surface area contributed by atoms with Gasteiger partial charge in [-0.05, 0) is 164 Å². The van der Waals surface area contributed by atoms with Crippen LogP contribution in [0.25, 0.3) is 43.0 Å². The molecule has 0 aliphatic carbocycles. The topological polar surface area (TPSA) is 602 Å². The SMILES string of the molecule is CC(C)(C)COP1(=O)OC[C@H]2O[C@@H](c3ccc4c(N)ncnn34)[C@](C)(N)[C@@H]2O1.CC(C)(C)COP1(=O)OC[C@H]2O[C@@H](c3ccc4c(N)ncnn34)[C@](C)(N)[C@@H]2O1.CC(C)(C)COP1(=O)OC[C@H]2O[C@@H](c3ccc4c(N)ncnn34)[C@](C)(N=[N+]=[N-])[C@@H]2O1.CC(C)N(C(C)C)P(OCC(C)(C)C)N(C(C)C)C(C)C.C[C@@]1(N=[N+]=[N-])[C@H](O)[C@@H](CO)O[C@H]1c1ccc2c(N)ncnn12. The number of nitrogen functional groups attached to an aromatic ring is 4. The van der Waals surface area contributed by atoms with Gasteiger partial charge in [0.05, 0.1) is 92.8 Å². The van der Waals surface area contributed by atoms with Gasteiger partial charge in [0.2, 0.25) is 0 Å². The summed E-state index contributed by atoms with van der Waals surface area (Å²) in [6.45, 7) is 50.5. The molecule has 7 saturated heterocycles. The maximum atomic E-state index is 13.1. The molecule has 14 N–H and O–H groups in total. The van der Waals surface area contributed by atoms with Gasteiger partial charge in [0.25, 0.3) is 0 Å². The standard InChI is InChI=1S/C17H24N7O5P.2C17H26N5O5P.C17H39N2OP.C12H15N7O3/c1-16(2,3)8-27-30(25)26-7-12-14(29-30)17(4,22-23-19)13(28-12)10-5-6-11-15(18)20-9-21-24(10)11;2*1-16(2,3)8-25-28(23)24-7-12-14(27-28)17(4,19)13(26-12)10-5-6-11-15(18)20-9-21-22(10)11;1-13(2)18(14(3)4)21(20-12-17(9,10)11)19(15(5)6)16(7)8;1-12(17-18-14)9(21)8(4-20)22-10(12)6-2-3-7-11(13)15-5-16-19(6)7/h5-6,9,12-14H,7-8H2,1-4H3,(H2,18,20,21);2*5-6,9,12-14H,7-8,19H2,1-4H3,(H2,18,20,21);13-16H,12H2,1-11H3;2-3,5,8-10,20-21H,4H2,1H3,(H2,13,15,16)/t12-,13+,14-,17+,30?;2*12-,13+,14-,17+,28?;;8-,9-,10+,12-/m111.1/s1. The summed E-state index contributed by atoms with van der Waals surface area (Å²) in [7, 11) is -12.1. The number of hydrogen-bond acceptors (Lipinski definition) is 37. The highest BCUT2D eigenvalue weighted by molar-refractivity contribution is 7.49. The van der Waals surface area contributed by atoms with Gasteiger partial charge in [-0.3, -0.25) is 40.7 Å². The summed E-state index contributed by atoms with van der Waals surface area (Å²) < 4.78 is 131. The Kier molecular flexibility index (Phi) is 31.1. The third-order valence-corrected chi connectivity index (χ3v) is 29.2. The van der Waals surface area contributed by atoms with E-state index in [4.69, 9.17) is 104 Å². The van der Waals surface area contributed by atoms with Gasteiger partial charge in [0, 0.05) is 34.0 Å². The molecule has 8 aromatic heterocycles. The van der Waals surface area contributed by atoms with Crippen molar-refractivity contribution >= 4 is 77.3 Å². The van der Waals surface area contributed by atoms with Crippen LogP contribution in [0.15, 0.2) is 84.1 Å². The highest BCUT2D eigenvalue weighted by Gasteiger charge is 2.64. The molecule has 0 aromatic carbocycles. The Hall–Kier alpha value is -7.38. The summed E-state index contributed by atoms with van der Waals surface area (Å²) in [6.07, 6.45) is -3.07. The van der Waals surface area contributed by atoms with Crippen molar-refractivity contribution in [3.63, 3.8) is 0 Å². The van der Waals surface area contributed by atoms with Crippen molar-refractivity contribution in [2.24, 2.45) is 43.4 Å². The number of aromatic nitrogens is 12. The molecule has 8 aromatic rings. The van der Waals surface area contributed by atoms with Crippen molar-refractivity contribution in [2.45, 2.75) is 286 Å². The Labute approximate surface area is 751 Å². The zero-order chi connectivity index (χ0) is 95.2. The molecule has 7 aliphatic rings. The first-order valence-corrected chi connectivity index (χ1v) is 48.2. The molecule has 15 heterocycles. The predicted molar refractivity (Wildman–Crippen MR) is 481 cm³/mol. The lowest BCUT2D eigenvalue weighted by molar-refractivity contribution is -0.0631. The number of anilines is 4. The number of rotatable bonds is 21. The molecule has 0 amide bonds. The fourth-order valence-corrected chi connectivity index (χ4v) is 23.6. The zero-order valence-corrected chi connectivity index (χ0v) is 81.4. The van der Waals surface area contributed by atoms with Gasteiger partial charge in [-0.15, -0.1) is 0 Å². The second kappa shape index (κ2) is 39.3. The van der Waals surface area contributed by atoms with Gasteiger partial charge in [-0.25, -0.2) is 61.0 Å². The highest BCUT2D eigenvalue weighted by atomic mass is 31.2. The first-order valence-electron chi connectivity index (χ1n) is 42.6. The van der Waals surface area contributed by atoms with Gasteiger partial charge in [-0.1, -0.05) is 93.3 Å². The van der Waals surface area contributed by atoms with E-state index in [9.17, 15) is 29.4 Å². The van der Waals surface area contributed by atoms with Crippen LogP contribution >= 0.6 is 31.9 Å². The Morgan fingerprint density at radius 3 is 1.05 bits per heavy atom. The number of nitrogens with two attached hydrogens (primary N) is 6. The van der Waals surface area contributed by atoms with Crippen LogP contribution in [0.5, 0.6) is 0 Å². The average Bonchev–Trinajstić information content (AvgIpc) is 1.80. The maximum absolute atomic E-state index is 13.1. The van der Waals surface area contributed by atoms with E-state index in [1.54, 1.807) is 77.6 Å². The van der Waals surface area contributed by atoms with Crippen molar-refractivity contribution in [3.05, 3.63) is 118 Å². The summed E-state index contributed by atoms with van der Waals surface area (Å²) in [4.78, 5) is 21.7. The molecule has 129 heavy (non-hydrogen) atoms. The van der Waals surface area contributed by atoms with Crippen molar-refractivity contribution in [3.8, 4) is 0 Å². The molecule has 0 radical (unpaired) electrons. The first-order chi connectivity index (χ1) is 60.0. The lowest BCUT2D eigenvalue weighted by Gasteiger charge is -2.46. The molecular weight excluding hydrogens is 1750 g/mol. The number of aliphatic hydroxyl groups excluding tert-OH is 2. The predicted octanol–water partition coefficient (Wildman–Crippen LogP) is 13.2. The maximum Gasteiger partial charge on any atom is 0.475 e. The molecule has 19 atom stereocenters. The minimum Gasteiger partial charge on any atom is -0.394 e. The van der Waals surface area contributed by atoms with E-state index < -0.39 is 134 Å². The van der Waals surface area contributed by atoms with E-state index in [0.717, 1.165) is 6.61 Å². The molecule has 7 fully saturated rings. The highest BCUT2D eigenvalue weighted by Crippen LogP contribution is 2.64. The molecule has 0 spiro atoms. The number of fused-ring (bicyclic) bond motifs is 7. The third-order valence-electron chi connectivity index (χ3n) is 22.0.